The Morgan fingerprint density at radius 2 is 1.88 bits per heavy atom. The van der Waals surface area contributed by atoms with Gasteiger partial charge in [0.15, 0.2) is 0 Å². The summed E-state index contributed by atoms with van der Waals surface area (Å²) in [5.74, 6) is 0.652. The molecule has 1 aliphatic heterocycles. The molecule has 3 saturated carbocycles. The Bertz CT molecular complexity index is 842. The van der Waals surface area contributed by atoms with Gasteiger partial charge < -0.3 is 10.2 Å². The van der Waals surface area contributed by atoms with Crippen LogP contribution in [-0.4, -0.2) is 42.0 Å². The van der Waals surface area contributed by atoms with Crippen LogP contribution < -0.4 is 5.32 Å². The molecule has 1 N–H and O–H groups in total. The average Bonchev–Trinajstić information content (AvgIpc) is 3.10. The number of fused-ring (bicyclic) bond motifs is 5. The van der Waals surface area contributed by atoms with Crippen molar-refractivity contribution in [2.45, 2.75) is 97.3 Å². The molecule has 0 radical (unpaired) electrons. The molecule has 2 amide bonds. The molecule has 34 heavy (non-hydrogen) atoms. The van der Waals surface area contributed by atoms with Gasteiger partial charge in [-0.15, -0.1) is 0 Å². The summed E-state index contributed by atoms with van der Waals surface area (Å²) < 4.78 is 40.6. The van der Waals surface area contributed by atoms with Gasteiger partial charge in [-0.25, -0.2) is 0 Å². The monoisotopic (exact) mass is 482 g/mol. The number of nitrogens with zero attached hydrogens (tertiary/aromatic N) is 1. The number of hydrogen-bond donors (Lipinski definition) is 1. The predicted molar refractivity (Wildman–Crippen MR) is 126 cm³/mol. The van der Waals surface area contributed by atoms with Crippen molar-refractivity contribution in [3.8, 4) is 0 Å². The summed E-state index contributed by atoms with van der Waals surface area (Å²) in [5.41, 5.74) is -0.0372. The summed E-state index contributed by atoms with van der Waals surface area (Å²) in [5, 5.41) is 2.35. The van der Waals surface area contributed by atoms with E-state index in [2.05, 4.69) is 25.2 Å². The summed E-state index contributed by atoms with van der Waals surface area (Å²) in [6, 6.07) is -1.54. The normalized spacial score (nSPS) is 41.4. The lowest BCUT2D eigenvalue weighted by Crippen LogP contribution is -2.59. The van der Waals surface area contributed by atoms with Crippen molar-refractivity contribution in [3.63, 3.8) is 0 Å². The number of alkyl halides is 3. The quantitative estimate of drug-likeness (QED) is 0.544. The van der Waals surface area contributed by atoms with Gasteiger partial charge in [0.1, 0.15) is 6.04 Å². The zero-order chi connectivity index (χ0) is 25.1. The topological polar surface area (TPSA) is 49.4 Å². The molecule has 4 nitrogen and oxygen atoms in total. The smallest absolute Gasteiger partial charge is 0.344 e. The Morgan fingerprint density at radius 3 is 2.53 bits per heavy atom. The van der Waals surface area contributed by atoms with E-state index in [1.54, 1.807) is 19.9 Å². The highest BCUT2D eigenvalue weighted by Crippen LogP contribution is 2.66. The third-order valence-electron chi connectivity index (χ3n) is 10.6. The molecule has 0 aromatic carbocycles. The van der Waals surface area contributed by atoms with Crippen molar-refractivity contribution in [1.82, 2.24) is 10.2 Å². The van der Waals surface area contributed by atoms with E-state index in [9.17, 15) is 22.8 Å². The number of amides is 2. The molecule has 0 spiro atoms. The number of nitrogens with one attached hydrogen (secondary N) is 1. The second-order valence-corrected chi connectivity index (χ2v) is 12.1. The van der Waals surface area contributed by atoms with Crippen molar-refractivity contribution >= 4 is 11.8 Å². The van der Waals surface area contributed by atoms with E-state index in [1.807, 2.05) is 11.9 Å². The predicted octanol–water partition coefficient (Wildman–Crippen LogP) is 5.73. The van der Waals surface area contributed by atoms with Gasteiger partial charge in [0, 0.05) is 24.9 Å². The van der Waals surface area contributed by atoms with E-state index in [0.29, 0.717) is 24.2 Å². The Labute approximate surface area is 202 Å². The van der Waals surface area contributed by atoms with E-state index >= 15 is 0 Å². The first kappa shape index (κ1) is 25.6. The van der Waals surface area contributed by atoms with Crippen LogP contribution in [0.3, 0.4) is 0 Å². The van der Waals surface area contributed by atoms with E-state index in [-0.39, 0.29) is 35.1 Å². The van der Waals surface area contributed by atoms with E-state index in [1.165, 1.54) is 0 Å². The van der Waals surface area contributed by atoms with Crippen molar-refractivity contribution < 1.29 is 22.8 Å². The van der Waals surface area contributed by atoms with Crippen LogP contribution in [0.5, 0.6) is 0 Å². The molecule has 0 aromatic rings. The maximum atomic E-state index is 13.5. The van der Waals surface area contributed by atoms with E-state index < -0.39 is 24.0 Å². The number of hydrogen-bond acceptors (Lipinski definition) is 2. The van der Waals surface area contributed by atoms with Crippen LogP contribution in [0, 0.1) is 40.4 Å². The fourth-order valence-corrected chi connectivity index (χ4v) is 8.42. The highest BCUT2D eigenvalue weighted by atomic mass is 19.4. The molecule has 7 heteroatoms. The fraction of sp³-hybridized carbons (Fsp3) is 0.852. The summed E-state index contributed by atoms with van der Waals surface area (Å²) in [4.78, 5) is 27.0. The summed E-state index contributed by atoms with van der Waals surface area (Å²) in [6.45, 7) is 7.87. The van der Waals surface area contributed by atoms with Crippen LogP contribution in [0.4, 0.5) is 13.2 Å². The van der Waals surface area contributed by atoms with Crippen molar-refractivity contribution in [2.24, 2.45) is 40.4 Å². The summed E-state index contributed by atoms with van der Waals surface area (Å²) in [6.07, 6.45) is 6.09. The van der Waals surface area contributed by atoms with E-state index in [0.717, 1.165) is 38.5 Å². The van der Waals surface area contributed by atoms with Crippen LogP contribution in [-0.2, 0) is 9.59 Å². The molecule has 3 fully saturated rings. The van der Waals surface area contributed by atoms with Gasteiger partial charge in [-0.05, 0) is 79.6 Å². The number of likely N-dealkylation sites (N-methyl/N-ethyl adjacent to an activating group) is 1. The molecule has 2 unspecified atom stereocenters. The van der Waals surface area contributed by atoms with Gasteiger partial charge in [0.05, 0.1) is 0 Å². The van der Waals surface area contributed by atoms with Crippen molar-refractivity contribution in [3.05, 3.63) is 12.2 Å². The second-order valence-electron chi connectivity index (χ2n) is 12.1. The summed E-state index contributed by atoms with van der Waals surface area (Å²) >= 11 is 0. The number of halogens is 3. The first-order chi connectivity index (χ1) is 15.8. The number of rotatable bonds is 5. The molecule has 192 valence electrons. The van der Waals surface area contributed by atoms with Crippen LogP contribution in [0.25, 0.3) is 0 Å². The molecular weight excluding hydrogens is 441 g/mol. The Kier molecular flexibility index (Phi) is 6.65. The Morgan fingerprint density at radius 1 is 1.18 bits per heavy atom. The molecule has 4 aliphatic rings. The molecule has 0 saturated heterocycles. The third-order valence-corrected chi connectivity index (χ3v) is 10.6. The zero-order valence-corrected chi connectivity index (χ0v) is 21.3. The van der Waals surface area contributed by atoms with Crippen molar-refractivity contribution in [2.75, 3.05) is 7.05 Å². The molecular formula is C27H41F3N2O2. The van der Waals surface area contributed by atoms with Crippen LogP contribution in [0.15, 0.2) is 12.2 Å². The maximum absolute atomic E-state index is 13.5. The minimum absolute atomic E-state index is 0.00803. The minimum Gasteiger partial charge on any atom is -0.344 e. The highest BCUT2D eigenvalue weighted by Gasteiger charge is 2.60. The molecule has 1 heterocycles. The minimum atomic E-state index is -4.43. The fourth-order valence-electron chi connectivity index (χ4n) is 8.42. The first-order valence-corrected chi connectivity index (χ1v) is 13.1. The Hall–Kier alpha value is -1.53. The second kappa shape index (κ2) is 8.85. The van der Waals surface area contributed by atoms with Gasteiger partial charge in [0.25, 0.3) is 0 Å². The number of carbonyl (C=O) groups is 2. The standard InChI is InChI=1S/C27H41F3N2O2/c1-6-16(2)24(27(28,29)30)31-22(33)15-17-7-9-19-18-8-10-21-26(4,14-12-23(34)32(21)5)20(18)11-13-25(17,19)3/h12,14,16-21,24H,6-11,13,15H2,1-5H3,(H,31,33)/t16?,17-,18+,19+,20+,21-,24?,25-,26-/m1/s1. The molecule has 3 aliphatic carbocycles. The maximum Gasteiger partial charge on any atom is 0.408 e. The van der Waals surface area contributed by atoms with Crippen LogP contribution in [0.1, 0.15) is 79.1 Å². The Balaban J connectivity index is 1.48. The van der Waals surface area contributed by atoms with Crippen LogP contribution in [0.2, 0.25) is 0 Å². The van der Waals surface area contributed by atoms with Gasteiger partial charge >= 0.3 is 6.18 Å². The lowest BCUT2D eigenvalue weighted by Gasteiger charge is -2.60. The lowest BCUT2D eigenvalue weighted by atomic mass is 9.47. The van der Waals surface area contributed by atoms with E-state index in [4.69, 9.17) is 0 Å². The van der Waals surface area contributed by atoms with Gasteiger partial charge in [0.2, 0.25) is 11.8 Å². The van der Waals surface area contributed by atoms with Gasteiger partial charge in [-0.1, -0.05) is 40.2 Å². The first-order valence-electron chi connectivity index (χ1n) is 13.1. The third kappa shape index (κ3) is 4.09. The SMILES string of the molecule is CCC(C)C(NC(=O)C[C@H]1CC[C@H]2[C@@H]3CC[C@H]4N(C)C(=O)C=C[C@]4(C)[C@H]3CC[C@]12C)C(F)(F)F. The zero-order valence-electron chi connectivity index (χ0n) is 21.3. The largest absolute Gasteiger partial charge is 0.408 e. The highest BCUT2D eigenvalue weighted by molar-refractivity contribution is 5.89. The number of carbonyl (C=O) groups excluding carboxylic acids is 2. The molecule has 9 atom stereocenters. The molecule has 4 rings (SSSR count). The molecule has 0 aromatic heterocycles. The van der Waals surface area contributed by atoms with Gasteiger partial charge in [-0.3, -0.25) is 9.59 Å². The summed E-state index contributed by atoms with van der Waals surface area (Å²) in [7, 11) is 1.92. The van der Waals surface area contributed by atoms with Crippen molar-refractivity contribution in [1.29, 1.82) is 0 Å². The van der Waals surface area contributed by atoms with Gasteiger partial charge in [-0.2, -0.15) is 13.2 Å². The lowest BCUT2D eigenvalue weighted by molar-refractivity contribution is -0.171. The average molecular weight is 483 g/mol. The molecule has 0 bridgehead atoms. The van der Waals surface area contributed by atoms with Crippen LogP contribution >= 0.6 is 0 Å².